The third-order valence-electron chi connectivity index (χ3n) is 2.65. The molecule has 0 radical (unpaired) electrons. The van der Waals surface area contributed by atoms with E-state index in [-0.39, 0.29) is 19.0 Å². The molecule has 0 fully saturated rings. The van der Waals surface area contributed by atoms with Crippen LogP contribution in [0.2, 0.25) is 0 Å². The molecule has 2 aromatic rings. The van der Waals surface area contributed by atoms with Crippen LogP contribution in [-0.4, -0.2) is 12.1 Å². The van der Waals surface area contributed by atoms with Gasteiger partial charge in [-0.05, 0) is 18.2 Å². The minimum atomic E-state index is -0.362. The summed E-state index contributed by atoms with van der Waals surface area (Å²) in [7, 11) is 1.55. The van der Waals surface area contributed by atoms with Crippen molar-refractivity contribution in [1.29, 1.82) is 0 Å². The maximum absolute atomic E-state index is 13.5. The fourth-order valence-corrected chi connectivity index (χ4v) is 1.68. The molecule has 0 aliphatic rings. The SMILES string of the molecule is COc1cccc(COc2cccc(F)c2CN)n1. The van der Waals surface area contributed by atoms with Crippen LogP contribution in [0.15, 0.2) is 36.4 Å². The third-order valence-corrected chi connectivity index (χ3v) is 2.65. The molecule has 0 atom stereocenters. The summed E-state index contributed by atoms with van der Waals surface area (Å²) in [6.07, 6.45) is 0. The number of aromatic nitrogens is 1. The van der Waals surface area contributed by atoms with Gasteiger partial charge in [-0.25, -0.2) is 9.37 Å². The van der Waals surface area contributed by atoms with Crippen molar-refractivity contribution in [3.63, 3.8) is 0 Å². The Morgan fingerprint density at radius 3 is 2.74 bits per heavy atom. The average molecular weight is 262 g/mol. The second-order valence-corrected chi connectivity index (χ2v) is 3.88. The van der Waals surface area contributed by atoms with E-state index in [2.05, 4.69) is 4.98 Å². The lowest BCUT2D eigenvalue weighted by Crippen LogP contribution is -2.06. The van der Waals surface area contributed by atoms with Gasteiger partial charge in [-0.15, -0.1) is 0 Å². The van der Waals surface area contributed by atoms with Gasteiger partial charge in [0.05, 0.1) is 12.8 Å². The Morgan fingerprint density at radius 2 is 2.00 bits per heavy atom. The van der Waals surface area contributed by atoms with Gasteiger partial charge >= 0.3 is 0 Å². The van der Waals surface area contributed by atoms with Gasteiger partial charge < -0.3 is 15.2 Å². The van der Waals surface area contributed by atoms with E-state index in [1.165, 1.54) is 6.07 Å². The Hall–Kier alpha value is -2.14. The predicted molar refractivity (Wildman–Crippen MR) is 69.4 cm³/mol. The van der Waals surface area contributed by atoms with Gasteiger partial charge in [0.15, 0.2) is 0 Å². The molecule has 2 N–H and O–H groups in total. The lowest BCUT2D eigenvalue weighted by molar-refractivity contribution is 0.293. The molecule has 0 aliphatic heterocycles. The molecule has 0 unspecified atom stereocenters. The van der Waals surface area contributed by atoms with Crippen LogP contribution in [0, 0.1) is 5.82 Å². The van der Waals surface area contributed by atoms with E-state index in [4.69, 9.17) is 15.2 Å². The Kier molecular flexibility index (Phi) is 4.30. The summed E-state index contributed by atoms with van der Waals surface area (Å²) in [6, 6.07) is 10.0. The smallest absolute Gasteiger partial charge is 0.213 e. The van der Waals surface area contributed by atoms with Crippen molar-refractivity contribution >= 4 is 0 Å². The molecule has 0 saturated heterocycles. The summed E-state index contributed by atoms with van der Waals surface area (Å²) >= 11 is 0. The molecule has 2 rings (SSSR count). The fraction of sp³-hybridized carbons (Fsp3) is 0.214. The van der Waals surface area contributed by atoms with Crippen LogP contribution in [0.3, 0.4) is 0 Å². The zero-order valence-electron chi connectivity index (χ0n) is 10.6. The van der Waals surface area contributed by atoms with Gasteiger partial charge in [0, 0.05) is 18.2 Å². The molecule has 1 aromatic heterocycles. The first kappa shape index (κ1) is 13.3. The van der Waals surface area contributed by atoms with Crippen LogP contribution in [0.1, 0.15) is 11.3 Å². The Bertz CT molecular complexity index is 561. The van der Waals surface area contributed by atoms with Crippen LogP contribution in [-0.2, 0) is 13.2 Å². The number of nitrogens with two attached hydrogens (primary N) is 1. The first-order valence-electron chi connectivity index (χ1n) is 5.84. The molecule has 0 saturated carbocycles. The number of halogens is 1. The summed E-state index contributed by atoms with van der Waals surface area (Å²) < 4.78 is 24.1. The summed E-state index contributed by atoms with van der Waals surface area (Å²) in [5.74, 6) is 0.588. The predicted octanol–water partition coefficient (Wildman–Crippen LogP) is 2.27. The Labute approximate surface area is 111 Å². The van der Waals surface area contributed by atoms with E-state index in [1.807, 2.05) is 12.1 Å². The minimum absolute atomic E-state index is 0.0908. The molecule has 4 nitrogen and oxygen atoms in total. The van der Waals surface area contributed by atoms with Crippen LogP contribution in [0.5, 0.6) is 11.6 Å². The Morgan fingerprint density at radius 1 is 1.21 bits per heavy atom. The third kappa shape index (κ3) is 3.20. The van der Waals surface area contributed by atoms with Crippen molar-refractivity contribution in [1.82, 2.24) is 4.98 Å². The quantitative estimate of drug-likeness (QED) is 0.898. The molecule has 100 valence electrons. The van der Waals surface area contributed by atoms with Gasteiger partial charge in [-0.1, -0.05) is 12.1 Å². The molecular formula is C14H15FN2O2. The van der Waals surface area contributed by atoms with Crippen molar-refractivity contribution in [2.75, 3.05) is 7.11 Å². The molecule has 0 aliphatic carbocycles. The molecule has 5 heteroatoms. The lowest BCUT2D eigenvalue weighted by atomic mass is 10.2. The maximum atomic E-state index is 13.5. The molecule has 1 heterocycles. The van der Waals surface area contributed by atoms with Crippen molar-refractivity contribution in [2.24, 2.45) is 5.73 Å². The second-order valence-electron chi connectivity index (χ2n) is 3.88. The molecule has 0 bridgehead atoms. The lowest BCUT2D eigenvalue weighted by Gasteiger charge is -2.11. The fourth-order valence-electron chi connectivity index (χ4n) is 1.68. The van der Waals surface area contributed by atoms with Crippen LogP contribution in [0.4, 0.5) is 4.39 Å². The number of methoxy groups -OCH3 is 1. The maximum Gasteiger partial charge on any atom is 0.213 e. The molecule has 0 spiro atoms. The van der Waals surface area contributed by atoms with Crippen LogP contribution >= 0.6 is 0 Å². The van der Waals surface area contributed by atoms with E-state index in [0.29, 0.717) is 22.9 Å². The number of ether oxygens (including phenoxy) is 2. The van der Waals surface area contributed by atoms with Gasteiger partial charge in [-0.3, -0.25) is 0 Å². The van der Waals surface area contributed by atoms with Crippen molar-refractivity contribution in [3.05, 3.63) is 53.5 Å². The number of nitrogens with zero attached hydrogens (tertiary/aromatic N) is 1. The highest BCUT2D eigenvalue weighted by atomic mass is 19.1. The summed E-state index contributed by atoms with van der Waals surface area (Å²) in [6.45, 7) is 0.321. The van der Waals surface area contributed by atoms with E-state index in [0.717, 1.165) is 0 Å². The van der Waals surface area contributed by atoms with E-state index in [1.54, 1.807) is 25.3 Å². The zero-order chi connectivity index (χ0) is 13.7. The van der Waals surface area contributed by atoms with E-state index in [9.17, 15) is 4.39 Å². The molecule has 1 aromatic carbocycles. The molecular weight excluding hydrogens is 247 g/mol. The first-order valence-corrected chi connectivity index (χ1v) is 5.84. The largest absolute Gasteiger partial charge is 0.487 e. The highest BCUT2D eigenvalue weighted by Gasteiger charge is 2.08. The molecule has 0 amide bonds. The minimum Gasteiger partial charge on any atom is -0.487 e. The highest BCUT2D eigenvalue weighted by molar-refractivity contribution is 5.34. The first-order chi connectivity index (χ1) is 9.24. The standard InChI is InChI=1S/C14H15FN2O2/c1-18-14-7-2-4-10(17-14)9-19-13-6-3-5-12(15)11(13)8-16/h2-7H,8-9,16H2,1H3. The number of hydrogen-bond donors (Lipinski definition) is 1. The normalized spacial score (nSPS) is 10.3. The van der Waals surface area contributed by atoms with Gasteiger partial charge in [-0.2, -0.15) is 0 Å². The number of rotatable bonds is 5. The zero-order valence-corrected chi connectivity index (χ0v) is 10.6. The number of benzene rings is 1. The van der Waals surface area contributed by atoms with E-state index >= 15 is 0 Å². The molecule has 19 heavy (non-hydrogen) atoms. The van der Waals surface area contributed by atoms with Crippen molar-refractivity contribution < 1.29 is 13.9 Å². The number of hydrogen-bond acceptors (Lipinski definition) is 4. The summed E-state index contributed by atoms with van der Waals surface area (Å²) in [4.78, 5) is 4.21. The van der Waals surface area contributed by atoms with E-state index < -0.39 is 0 Å². The van der Waals surface area contributed by atoms with Crippen molar-refractivity contribution in [2.45, 2.75) is 13.2 Å². The van der Waals surface area contributed by atoms with Crippen LogP contribution < -0.4 is 15.2 Å². The average Bonchev–Trinajstić information content (AvgIpc) is 2.45. The highest BCUT2D eigenvalue weighted by Crippen LogP contribution is 2.22. The monoisotopic (exact) mass is 262 g/mol. The number of pyridine rings is 1. The van der Waals surface area contributed by atoms with Gasteiger partial charge in [0.2, 0.25) is 5.88 Å². The van der Waals surface area contributed by atoms with Crippen LogP contribution in [0.25, 0.3) is 0 Å². The van der Waals surface area contributed by atoms with Gasteiger partial charge in [0.25, 0.3) is 0 Å². The second kappa shape index (κ2) is 6.15. The summed E-state index contributed by atoms with van der Waals surface area (Å²) in [5, 5.41) is 0. The van der Waals surface area contributed by atoms with Crippen molar-refractivity contribution in [3.8, 4) is 11.6 Å². The van der Waals surface area contributed by atoms with Gasteiger partial charge in [0.1, 0.15) is 18.2 Å². The summed E-state index contributed by atoms with van der Waals surface area (Å²) in [5.41, 5.74) is 6.58. The Balaban J connectivity index is 2.12. The topological polar surface area (TPSA) is 57.4 Å².